The minimum Gasteiger partial charge on any atom is -0.455 e. The highest BCUT2D eigenvalue weighted by molar-refractivity contribution is 7.89. The molecule has 0 aromatic carbocycles. The molecule has 0 bridgehead atoms. The van der Waals surface area contributed by atoms with E-state index in [9.17, 15) is 13.2 Å². The summed E-state index contributed by atoms with van der Waals surface area (Å²) in [6, 6.07) is 1.36. The number of aromatic nitrogens is 1. The van der Waals surface area contributed by atoms with Crippen molar-refractivity contribution in [2.24, 2.45) is 7.05 Å². The van der Waals surface area contributed by atoms with Crippen LogP contribution in [0.25, 0.3) is 0 Å². The van der Waals surface area contributed by atoms with E-state index in [0.717, 1.165) is 0 Å². The normalized spacial score (nSPS) is 12.7. The molecule has 1 aromatic rings. The molecule has 120 valence electrons. The molecule has 0 aliphatic heterocycles. The predicted molar refractivity (Wildman–Crippen MR) is 80.7 cm³/mol. The maximum Gasteiger partial charge on any atom is 0.355 e. The van der Waals surface area contributed by atoms with E-state index in [2.05, 4.69) is 0 Å². The van der Waals surface area contributed by atoms with Crippen molar-refractivity contribution >= 4 is 16.0 Å². The monoisotopic (exact) mass is 316 g/mol. The molecular formula is C14H24N2O4S. The van der Waals surface area contributed by atoms with Crippen molar-refractivity contribution in [3.63, 3.8) is 0 Å². The summed E-state index contributed by atoms with van der Waals surface area (Å²) in [7, 11) is -1.95. The number of carbonyl (C=O) groups is 1. The number of esters is 1. The van der Waals surface area contributed by atoms with Crippen molar-refractivity contribution in [3.05, 3.63) is 18.0 Å². The average Bonchev–Trinajstić information content (AvgIpc) is 2.71. The van der Waals surface area contributed by atoms with Crippen LogP contribution in [0.2, 0.25) is 0 Å². The number of hydrogen-bond donors (Lipinski definition) is 0. The highest BCUT2D eigenvalue weighted by Gasteiger charge is 2.27. The number of aryl methyl sites for hydroxylation is 1. The van der Waals surface area contributed by atoms with E-state index in [1.54, 1.807) is 41.7 Å². The number of rotatable bonds is 5. The van der Waals surface area contributed by atoms with Gasteiger partial charge in [-0.3, -0.25) is 0 Å². The summed E-state index contributed by atoms with van der Waals surface area (Å²) in [5.74, 6) is -0.536. The summed E-state index contributed by atoms with van der Waals surface area (Å²) in [6.07, 6.45) is 1.44. The highest BCUT2D eigenvalue weighted by atomic mass is 32.2. The SMILES string of the molecule is CCN(CC)S(=O)(=O)c1cc(C(=O)OC(C)(C)C)n(C)c1. The van der Waals surface area contributed by atoms with Crippen molar-refractivity contribution < 1.29 is 17.9 Å². The van der Waals surface area contributed by atoms with Crippen LogP contribution in [0.3, 0.4) is 0 Å². The average molecular weight is 316 g/mol. The molecule has 21 heavy (non-hydrogen) atoms. The van der Waals surface area contributed by atoms with Gasteiger partial charge >= 0.3 is 5.97 Å². The lowest BCUT2D eigenvalue weighted by molar-refractivity contribution is 0.00590. The number of nitrogens with zero attached hydrogens (tertiary/aromatic N) is 2. The predicted octanol–water partition coefficient (Wildman–Crippen LogP) is 2.01. The van der Waals surface area contributed by atoms with E-state index >= 15 is 0 Å². The third-order valence-electron chi connectivity index (χ3n) is 2.93. The minimum atomic E-state index is -3.58. The van der Waals surface area contributed by atoms with Crippen LogP contribution in [0.1, 0.15) is 45.1 Å². The van der Waals surface area contributed by atoms with Crippen LogP contribution in [0.15, 0.2) is 17.2 Å². The van der Waals surface area contributed by atoms with Crippen LogP contribution >= 0.6 is 0 Å². The molecule has 1 heterocycles. The topological polar surface area (TPSA) is 68.6 Å². The van der Waals surface area contributed by atoms with Gasteiger partial charge in [0.05, 0.1) is 0 Å². The largest absolute Gasteiger partial charge is 0.455 e. The summed E-state index contributed by atoms with van der Waals surface area (Å²) in [4.78, 5) is 12.2. The molecule has 0 atom stereocenters. The van der Waals surface area contributed by atoms with Crippen LogP contribution in [-0.2, 0) is 21.8 Å². The Labute approximate surface area is 126 Å². The Hall–Kier alpha value is -1.34. The van der Waals surface area contributed by atoms with Crippen LogP contribution in [0.4, 0.5) is 0 Å². The standard InChI is InChI=1S/C14H24N2O4S/c1-7-16(8-2)21(18,19)11-9-12(15(6)10-11)13(17)20-14(3,4)5/h9-10H,7-8H2,1-6H3. The Kier molecular flexibility index (Phi) is 5.22. The van der Waals surface area contributed by atoms with Crippen molar-refractivity contribution in [1.82, 2.24) is 8.87 Å². The summed E-state index contributed by atoms with van der Waals surface area (Å²) in [6.45, 7) is 9.62. The fraction of sp³-hybridized carbons (Fsp3) is 0.643. The lowest BCUT2D eigenvalue weighted by atomic mass is 10.2. The van der Waals surface area contributed by atoms with E-state index < -0.39 is 21.6 Å². The van der Waals surface area contributed by atoms with Crippen molar-refractivity contribution in [2.45, 2.75) is 45.1 Å². The van der Waals surface area contributed by atoms with Gasteiger partial charge < -0.3 is 9.30 Å². The molecule has 0 saturated heterocycles. The van der Waals surface area contributed by atoms with Gasteiger partial charge in [-0.15, -0.1) is 0 Å². The third kappa shape index (κ3) is 4.07. The van der Waals surface area contributed by atoms with Crippen LogP contribution < -0.4 is 0 Å². The van der Waals surface area contributed by atoms with Gasteiger partial charge in [-0.05, 0) is 26.8 Å². The molecule has 0 fully saturated rings. The second-order valence-electron chi connectivity index (χ2n) is 5.76. The molecule has 0 spiro atoms. The first kappa shape index (κ1) is 17.7. The van der Waals surface area contributed by atoms with E-state index in [1.807, 2.05) is 0 Å². The molecule has 0 saturated carbocycles. The van der Waals surface area contributed by atoms with Crippen molar-refractivity contribution in [2.75, 3.05) is 13.1 Å². The second-order valence-corrected chi connectivity index (χ2v) is 7.70. The summed E-state index contributed by atoms with van der Waals surface area (Å²) < 4.78 is 33.0. The smallest absolute Gasteiger partial charge is 0.355 e. The first-order valence-corrected chi connectivity index (χ1v) is 8.36. The summed E-state index contributed by atoms with van der Waals surface area (Å²) in [5.41, 5.74) is -0.408. The molecule has 0 unspecified atom stereocenters. The first-order valence-electron chi connectivity index (χ1n) is 6.92. The maximum atomic E-state index is 12.4. The quantitative estimate of drug-likeness (QED) is 0.779. The fourth-order valence-electron chi connectivity index (χ4n) is 1.92. The Morgan fingerprint density at radius 3 is 2.24 bits per heavy atom. The molecular weight excluding hydrogens is 292 g/mol. The van der Waals surface area contributed by atoms with Crippen molar-refractivity contribution in [3.8, 4) is 0 Å². The Morgan fingerprint density at radius 2 is 1.81 bits per heavy atom. The van der Waals surface area contributed by atoms with Crippen LogP contribution in [0, 0.1) is 0 Å². The zero-order valence-electron chi connectivity index (χ0n) is 13.5. The fourth-order valence-corrected chi connectivity index (χ4v) is 3.45. The van der Waals surface area contributed by atoms with Gasteiger partial charge in [0.25, 0.3) is 0 Å². The second kappa shape index (κ2) is 6.19. The highest BCUT2D eigenvalue weighted by Crippen LogP contribution is 2.20. The number of hydrogen-bond acceptors (Lipinski definition) is 4. The molecule has 1 aromatic heterocycles. The Balaban J connectivity index is 3.17. The van der Waals surface area contributed by atoms with Gasteiger partial charge in [0, 0.05) is 26.3 Å². The zero-order chi connectivity index (χ0) is 16.4. The zero-order valence-corrected chi connectivity index (χ0v) is 14.3. The molecule has 0 aliphatic rings. The van der Waals surface area contributed by atoms with E-state index in [0.29, 0.717) is 13.1 Å². The van der Waals surface area contributed by atoms with Crippen LogP contribution in [0.5, 0.6) is 0 Å². The van der Waals surface area contributed by atoms with Gasteiger partial charge in [-0.25, -0.2) is 13.2 Å². The molecule has 0 radical (unpaired) electrons. The van der Waals surface area contributed by atoms with Gasteiger partial charge in [-0.1, -0.05) is 13.8 Å². The lowest BCUT2D eigenvalue weighted by Gasteiger charge is -2.19. The Morgan fingerprint density at radius 1 is 1.29 bits per heavy atom. The Bertz CT molecular complexity index is 607. The molecule has 0 aliphatic carbocycles. The van der Waals surface area contributed by atoms with Gasteiger partial charge in [-0.2, -0.15) is 4.31 Å². The summed E-state index contributed by atoms with van der Waals surface area (Å²) in [5, 5.41) is 0. The van der Waals surface area contributed by atoms with E-state index in [-0.39, 0.29) is 10.6 Å². The maximum absolute atomic E-state index is 12.4. The number of sulfonamides is 1. The van der Waals surface area contributed by atoms with Gasteiger partial charge in [0.1, 0.15) is 16.2 Å². The van der Waals surface area contributed by atoms with E-state index in [1.165, 1.54) is 21.1 Å². The molecule has 0 N–H and O–H groups in total. The molecule has 0 amide bonds. The van der Waals surface area contributed by atoms with Crippen LogP contribution in [-0.4, -0.2) is 41.9 Å². The molecule has 1 rings (SSSR count). The van der Waals surface area contributed by atoms with Gasteiger partial charge in [0.2, 0.25) is 10.0 Å². The van der Waals surface area contributed by atoms with E-state index in [4.69, 9.17) is 4.74 Å². The van der Waals surface area contributed by atoms with Crippen molar-refractivity contribution in [1.29, 1.82) is 0 Å². The lowest BCUT2D eigenvalue weighted by Crippen LogP contribution is -2.30. The van der Waals surface area contributed by atoms with Gasteiger partial charge in [0.15, 0.2) is 0 Å². The minimum absolute atomic E-state index is 0.106. The number of carbonyl (C=O) groups excluding carboxylic acids is 1. The third-order valence-corrected chi connectivity index (χ3v) is 4.95. The first-order chi connectivity index (χ1) is 9.52. The summed E-state index contributed by atoms with van der Waals surface area (Å²) >= 11 is 0. The number of ether oxygens (including phenoxy) is 1. The molecule has 7 heteroatoms. The molecule has 6 nitrogen and oxygen atoms in total.